The number of para-hydroxylation sites is 1. The first-order chi connectivity index (χ1) is 16.1. The van der Waals surface area contributed by atoms with Gasteiger partial charge in [-0.05, 0) is 72.6 Å². The van der Waals surface area contributed by atoms with E-state index in [4.69, 9.17) is 4.74 Å². The van der Waals surface area contributed by atoms with Crippen LogP contribution in [0.1, 0.15) is 15.9 Å². The summed E-state index contributed by atoms with van der Waals surface area (Å²) in [7, 11) is 0. The number of hydrogen-bond acceptors (Lipinski definition) is 6. The zero-order valence-electron chi connectivity index (χ0n) is 17.6. The maximum Gasteiger partial charge on any atom is 0.335 e. The lowest BCUT2D eigenvalue weighted by molar-refractivity contribution is 0.0696. The van der Waals surface area contributed by atoms with Crippen molar-refractivity contribution in [3.8, 4) is 22.8 Å². The Balaban J connectivity index is 1.36. The fraction of sp³-hybridized carbons (Fsp3) is 0.0385. The molecule has 7 heteroatoms. The minimum atomic E-state index is -0.943. The van der Waals surface area contributed by atoms with E-state index in [-0.39, 0.29) is 5.56 Å². The van der Waals surface area contributed by atoms with Crippen molar-refractivity contribution in [2.45, 2.75) is 6.92 Å². The standard InChI is InChI=1S/C26H19N3O3S/c1-16-15-17(8-13-20(16)25(30)31)21-5-4-14-27-24(21)32-19-11-9-18(10-12-19)28-26-29-22-6-2-3-7-23(22)33-26/h2-15H,1H3,(H,28,29)(H,30,31). The number of rotatable bonds is 6. The quantitative estimate of drug-likeness (QED) is 0.291. The van der Waals surface area contributed by atoms with Crippen molar-refractivity contribution in [1.82, 2.24) is 9.97 Å². The second kappa shape index (κ2) is 8.72. The van der Waals surface area contributed by atoms with E-state index in [1.807, 2.05) is 60.7 Å². The first kappa shape index (κ1) is 20.7. The van der Waals surface area contributed by atoms with E-state index in [9.17, 15) is 9.90 Å². The van der Waals surface area contributed by atoms with E-state index in [0.29, 0.717) is 17.2 Å². The third kappa shape index (κ3) is 4.40. The van der Waals surface area contributed by atoms with Crippen molar-refractivity contribution in [3.63, 3.8) is 0 Å². The molecule has 0 saturated heterocycles. The van der Waals surface area contributed by atoms with Crippen LogP contribution >= 0.6 is 11.3 Å². The van der Waals surface area contributed by atoms with E-state index in [0.717, 1.165) is 32.2 Å². The van der Waals surface area contributed by atoms with Crippen molar-refractivity contribution in [2.24, 2.45) is 0 Å². The lowest BCUT2D eigenvalue weighted by Gasteiger charge is -2.12. The monoisotopic (exact) mass is 453 g/mol. The summed E-state index contributed by atoms with van der Waals surface area (Å²) in [5.41, 5.74) is 4.46. The summed E-state index contributed by atoms with van der Waals surface area (Å²) in [5.74, 6) is 0.150. The molecule has 0 saturated carbocycles. The summed E-state index contributed by atoms with van der Waals surface area (Å²) in [4.78, 5) is 20.3. The highest BCUT2D eigenvalue weighted by Gasteiger charge is 2.13. The molecule has 0 bridgehead atoms. The van der Waals surface area contributed by atoms with Gasteiger partial charge in [0.15, 0.2) is 5.13 Å². The Morgan fingerprint density at radius 2 is 1.82 bits per heavy atom. The molecule has 0 atom stereocenters. The van der Waals surface area contributed by atoms with Crippen LogP contribution in [-0.2, 0) is 0 Å². The van der Waals surface area contributed by atoms with Crippen LogP contribution in [0.2, 0.25) is 0 Å². The summed E-state index contributed by atoms with van der Waals surface area (Å²) in [6.07, 6.45) is 1.67. The molecule has 0 aliphatic heterocycles. The summed E-state index contributed by atoms with van der Waals surface area (Å²) in [5, 5.41) is 13.4. The van der Waals surface area contributed by atoms with Crippen LogP contribution in [-0.4, -0.2) is 21.0 Å². The maximum absolute atomic E-state index is 11.3. The van der Waals surface area contributed by atoms with Gasteiger partial charge < -0.3 is 15.2 Å². The molecule has 5 aromatic rings. The van der Waals surface area contributed by atoms with Gasteiger partial charge in [0.2, 0.25) is 5.88 Å². The fourth-order valence-electron chi connectivity index (χ4n) is 3.53. The number of fused-ring (bicyclic) bond motifs is 1. The van der Waals surface area contributed by atoms with Crippen LogP contribution in [0.5, 0.6) is 11.6 Å². The second-order valence-corrected chi connectivity index (χ2v) is 8.46. The van der Waals surface area contributed by atoms with Crippen molar-refractivity contribution < 1.29 is 14.6 Å². The van der Waals surface area contributed by atoms with E-state index in [2.05, 4.69) is 21.4 Å². The number of benzene rings is 3. The number of hydrogen-bond donors (Lipinski definition) is 2. The van der Waals surface area contributed by atoms with Crippen LogP contribution in [0.4, 0.5) is 10.8 Å². The Morgan fingerprint density at radius 1 is 1.00 bits per heavy atom. The molecule has 0 spiro atoms. The molecule has 0 unspecified atom stereocenters. The average molecular weight is 454 g/mol. The topological polar surface area (TPSA) is 84.3 Å². The van der Waals surface area contributed by atoms with Gasteiger partial charge in [-0.25, -0.2) is 14.8 Å². The molecule has 5 rings (SSSR count). The predicted molar refractivity (Wildman–Crippen MR) is 131 cm³/mol. The van der Waals surface area contributed by atoms with Crippen molar-refractivity contribution in [2.75, 3.05) is 5.32 Å². The zero-order valence-corrected chi connectivity index (χ0v) is 18.5. The van der Waals surface area contributed by atoms with Crippen molar-refractivity contribution in [3.05, 3.63) is 96.2 Å². The highest BCUT2D eigenvalue weighted by atomic mass is 32.1. The van der Waals surface area contributed by atoms with Gasteiger partial charge >= 0.3 is 5.97 Å². The third-order valence-electron chi connectivity index (χ3n) is 5.15. The van der Waals surface area contributed by atoms with Crippen LogP contribution in [0.25, 0.3) is 21.3 Å². The number of thiazole rings is 1. The fourth-order valence-corrected chi connectivity index (χ4v) is 4.42. The number of aromatic nitrogens is 2. The van der Waals surface area contributed by atoms with Gasteiger partial charge in [0.1, 0.15) is 5.75 Å². The van der Waals surface area contributed by atoms with E-state index in [1.54, 1.807) is 36.6 Å². The first-order valence-corrected chi connectivity index (χ1v) is 11.1. The van der Waals surface area contributed by atoms with Crippen LogP contribution < -0.4 is 10.1 Å². The Morgan fingerprint density at radius 3 is 2.58 bits per heavy atom. The van der Waals surface area contributed by atoms with Gasteiger partial charge in [0.05, 0.1) is 15.8 Å². The molecule has 0 aliphatic carbocycles. The molecule has 2 heterocycles. The number of carboxylic acid groups (broad SMARTS) is 1. The number of carbonyl (C=O) groups is 1. The molecular formula is C26H19N3O3S. The number of nitrogens with one attached hydrogen (secondary N) is 1. The summed E-state index contributed by atoms with van der Waals surface area (Å²) >= 11 is 1.60. The zero-order chi connectivity index (χ0) is 22.8. The van der Waals surface area contributed by atoms with Crippen molar-refractivity contribution >= 4 is 38.3 Å². The van der Waals surface area contributed by atoms with E-state index in [1.165, 1.54) is 0 Å². The maximum atomic E-state index is 11.3. The normalized spacial score (nSPS) is 10.8. The second-order valence-electron chi connectivity index (χ2n) is 7.43. The molecule has 0 aliphatic rings. The Bertz CT molecular complexity index is 1430. The number of aryl methyl sites for hydroxylation is 1. The van der Waals surface area contributed by atoms with Gasteiger partial charge in [0, 0.05) is 17.4 Å². The van der Waals surface area contributed by atoms with E-state index >= 15 is 0 Å². The van der Waals surface area contributed by atoms with Gasteiger partial charge in [-0.1, -0.05) is 35.6 Å². The largest absolute Gasteiger partial charge is 0.478 e. The van der Waals surface area contributed by atoms with Crippen LogP contribution in [0.15, 0.2) is 85.1 Å². The Hall–Kier alpha value is -4.23. The Kier molecular flexibility index (Phi) is 5.46. The highest BCUT2D eigenvalue weighted by Crippen LogP contribution is 2.33. The molecular weight excluding hydrogens is 434 g/mol. The number of carboxylic acids is 1. The number of anilines is 2. The molecule has 0 fully saturated rings. The van der Waals surface area contributed by atoms with E-state index < -0.39 is 5.97 Å². The van der Waals surface area contributed by atoms with Gasteiger partial charge in [-0.15, -0.1) is 0 Å². The molecule has 2 N–H and O–H groups in total. The lowest BCUT2D eigenvalue weighted by atomic mass is 10.0. The first-order valence-electron chi connectivity index (χ1n) is 10.3. The van der Waals surface area contributed by atoms with Gasteiger partial charge in [-0.2, -0.15) is 0 Å². The summed E-state index contributed by atoms with van der Waals surface area (Å²) in [6.45, 7) is 1.78. The number of ether oxygens (including phenoxy) is 1. The number of nitrogens with zero attached hydrogens (tertiary/aromatic N) is 2. The SMILES string of the molecule is Cc1cc(-c2cccnc2Oc2ccc(Nc3nc4ccccc4s3)cc2)ccc1C(=O)O. The molecule has 6 nitrogen and oxygen atoms in total. The lowest BCUT2D eigenvalue weighted by Crippen LogP contribution is -2.00. The minimum absolute atomic E-state index is 0.279. The molecule has 0 radical (unpaired) electrons. The average Bonchev–Trinajstić information content (AvgIpc) is 3.23. The van der Waals surface area contributed by atoms with Gasteiger partial charge in [0.25, 0.3) is 0 Å². The van der Waals surface area contributed by atoms with Crippen LogP contribution in [0, 0.1) is 6.92 Å². The molecule has 33 heavy (non-hydrogen) atoms. The predicted octanol–water partition coefficient (Wildman–Crippen LogP) is 6.90. The minimum Gasteiger partial charge on any atom is -0.478 e. The highest BCUT2D eigenvalue weighted by molar-refractivity contribution is 7.22. The molecule has 3 aromatic carbocycles. The smallest absolute Gasteiger partial charge is 0.335 e. The Labute approximate surface area is 194 Å². The molecule has 162 valence electrons. The summed E-state index contributed by atoms with van der Waals surface area (Å²) < 4.78 is 7.20. The van der Waals surface area contributed by atoms with Crippen molar-refractivity contribution in [1.29, 1.82) is 0 Å². The number of aromatic carboxylic acids is 1. The third-order valence-corrected chi connectivity index (χ3v) is 6.10. The van der Waals surface area contributed by atoms with Gasteiger partial charge in [-0.3, -0.25) is 0 Å². The number of pyridine rings is 1. The summed E-state index contributed by atoms with van der Waals surface area (Å²) in [6, 6.07) is 24.6. The van der Waals surface area contributed by atoms with Crippen LogP contribution in [0.3, 0.4) is 0 Å². The molecule has 0 amide bonds. The molecule has 2 aromatic heterocycles.